The molecule has 0 amide bonds. The Morgan fingerprint density at radius 3 is 2.60 bits per heavy atom. The van der Waals surface area contributed by atoms with Gasteiger partial charge in [-0.2, -0.15) is 11.8 Å². The lowest BCUT2D eigenvalue weighted by Crippen LogP contribution is -2.36. The van der Waals surface area contributed by atoms with Crippen LogP contribution < -0.4 is 5.32 Å². The number of nitrogens with one attached hydrogen (secondary N) is 1. The highest BCUT2D eigenvalue weighted by Crippen LogP contribution is 2.33. The minimum atomic E-state index is -0.456. The summed E-state index contributed by atoms with van der Waals surface area (Å²) < 4.78 is 0. The molecule has 0 unspecified atom stereocenters. The van der Waals surface area contributed by atoms with E-state index >= 15 is 0 Å². The summed E-state index contributed by atoms with van der Waals surface area (Å²) in [5.41, 5.74) is 0.365. The SMILES string of the molecule is O=[N+]([O-])c1cc(Cl)c(Cl)cc1NCCN1CCSCC1. The van der Waals surface area contributed by atoms with Crippen molar-refractivity contribution < 1.29 is 4.92 Å². The third kappa shape index (κ3) is 4.15. The van der Waals surface area contributed by atoms with Gasteiger partial charge in [-0.05, 0) is 6.07 Å². The lowest BCUT2D eigenvalue weighted by molar-refractivity contribution is -0.383. The number of nitrogens with zero attached hydrogens (tertiary/aromatic N) is 2. The van der Waals surface area contributed by atoms with Gasteiger partial charge in [-0.15, -0.1) is 0 Å². The predicted molar refractivity (Wildman–Crippen MR) is 85.4 cm³/mol. The van der Waals surface area contributed by atoms with E-state index in [1.54, 1.807) is 0 Å². The van der Waals surface area contributed by atoms with E-state index in [9.17, 15) is 10.1 Å². The van der Waals surface area contributed by atoms with E-state index in [-0.39, 0.29) is 10.7 Å². The second kappa shape index (κ2) is 7.36. The summed E-state index contributed by atoms with van der Waals surface area (Å²) in [5, 5.41) is 14.6. The Kier molecular flexibility index (Phi) is 5.77. The summed E-state index contributed by atoms with van der Waals surface area (Å²) in [6, 6.07) is 2.79. The Bertz CT molecular complexity index is 496. The molecule has 0 atom stereocenters. The molecule has 0 aliphatic carbocycles. The molecule has 1 fully saturated rings. The first-order chi connectivity index (χ1) is 9.58. The van der Waals surface area contributed by atoms with Gasteiger partial charge >= 0.3 is 0 Å². The largest absolute Gasteiger partial charge is 0.378 e. The van der Waals surface area contributed by atoms with Gasteiger partial charge in [0, 0.05) is 43.8 Å². The molecule has 1 aromatic carbocycles. The second-order valence-electron chi connectivity index (χ2n) is 4.42. The summed E-state index contributed by atoms with van der Waals surface area (Å²) in [7, 11) is 0. The zero-order valence-corrected chi connectivity index (χ0v) is 13.1. The quantitative estimate of drug-likeness (QED) is 0.660. The van der Waals surface area contributed by atoms with Crippen LogP contribution in [0.4, 0.5) is 11.4 Å². The van der Waals surface area contributed by atoms with Gasteiger partial charge in [0.25, 0.3) is 5.69 Å². The molecule has 20 heavy (non-hydrogen) atoms. The van der Waals surface area contributed by atoms with Gasteiger partial charge in [0.1, 0.15) is 5.69 Å². The van der Waals surface area contributed by atoms with Crippen molar-refractivity contribution in [2.45, 2.75) is 0 Å². The van der Waals surface area contributed by atoms with Gasteiger partial charge in [-0.25, -0.2) is 0 Å². The molecule has 1 aliphatic rings. The summed E-state index contributed by atoms with van der Waals surface area (Å²) >= 11 is 13.7. The number of benzene rings is 1. The highest BCUT2D eigenvalue weighted by atomic mass is 35.5. The van der Waals surface area contributed by atoms with E-state index in [0.717, 1.165) is 31.1 Å². The van der Waals surface area contributed by atoms with E-state index in [2.05, 4.69) is 10.2 Å². The minimum Gasteiger partial charge on any atom is -0.378 e. The summed E-state index contributed by atoms with van der Waals surface area (Å²) in [4.78, 5) is 12.9. The number of halogens is 2. The van der Waals surface area contributed by atoms with E-state index < -0.39 is 4.92 Å². The van der Waals surface area contributed by atoms with Crippen LogP contribution in [0.25, 0.3) is 0 Å². The smallest absolute Gasteiger partial charge is 0.293 e. The average molecular weight is 336 g/mol. The first-order valence-corrected chi connectivity index (χ1v) is 8.16. The topological polar surface area (TPSA) is 58.4 Å². The van der Waals surface area contributed by atoms with Crippen LogP contribution >= 0.6 is 35.0 Å². The van der Waals surface area contributed by atoms with Crippen molar-refractivity contribution in [1.82, 2.24) is 4.90 Å². The maximum atomic E-state index is 11.0. The molecule has 0 radical (unpaired) electrons. The number of nitro benzene ring substituents is 1. The summed E-state index contributed by atoms with van der Waals surface area (Å²) in [5.74, 6) is 2.29. The number of rotatable bonds is 5. The molecule has 0 saturated carbocycles. The van der Waals surface area contributed by atoms with E-state index in [4.69, 9.17) is 23.2 Å². The standard InChI is InChI=1S/C12H15Cl2N3O2S/c13-9-7-11(12(17(18)19)8-10(9)14)15-1-2-16-3-5-20-6-4-16/h7-8,15H,1-6H2. The molecule has 1 N–H and O–H groups in total. The van der Waals surface area contributed by atoms with Crippen LogP contribution in [0.1, 0.15) is 0 Å². The van der Waals surface area contributed by atoms with E-state index in [0.29, 0.717) is 17.3 Å². The van der Waals surface area contributed by atoms with Gasteiger partial charge in [0.05, 0.1) is 15.0 Å². The normalized spacial score (nSPS) is 16.1. The van der Waals surface area contributed by atoms with Gasteiger partial charge in [0.2, 0.25) is 0 Å². The van der Waals surface area contributed by atoms with Crippen LogP contribution in [0.15, 0.2) is 12.1 Å². The van der Waals surface area contributed by atoms with Crippen LogP contribution in [0, 0.1) is 10.1 Å². The van der Waals surface area contributed by atoms with Gasteiger partial charge in [0.15, 0.2) is 0 Å². The molecule has 1 aromatic rings. The maximum absolute atomic E-state index is 11.0. The Labute approximate surface area is 131 Å². The van der Waals surface area contributed by atoms with Crippen molar-refractivity contribution in [3.63, 3.8) is 0 Å². The van der Waals surface area contributed by atoms with Gasteiger partial charge < -0.3 is 5.32 Å². The molecule has 1 saturated heterocycles. The molecule has 0 aromatic heterocycles. The lowest BCUT2D eigenvalue weighted by Gasteiger charge is -2.26. The fraction of sp³-hybridized carbons (Fsp3) is 0.500. The Morgan fingerprint density at radius 1 is 1.30 bits per heavy atom. The fourth-order valence-corrected chi connectivity index (χ4v) is 3.30. The number of anilines is 1. The summed E-state index contributed by atoms with van der Waals surface area (Å²) in [6.45, 7) is 3.63. The number of thioether (sulfide) groups is 1. The van der Waals surface area contributed by atoms with Crippen molar-refractivity contribution in [2.75, 3.05) is 43.0 Å². The molecule has 0 bridgehead atoms. The van der Waals surface area contributed by atoms with Gasteiger partial charge in [-0.3, -0.25) is 15.0 Å². The molecular formula is C12H15Cl2N3O2S. The lowest BCUT2D eigenvalue weighted by atomic mass is 10.2. The van der Waals surface area contributed by atoms with Crippen LogP contribution in [0.3, 0.4) is 0 Å². The van der Waals surface area contributed by atoms with Crippen molar-refractivity contribution >= 4 is 46.3 Å². The maximum Gasteiger partial charge on any atom is 0.293 e. The predicted octanol–water partition coefficient (Wildman–Crippen LogP) is 3.36. The molecule has 0 spiro atoms. The van der Waals surface area contributed by atoms with Crippen LogP contribution in [0.2, 0.25) is 10.0 Å². The van der Waals surface area contributed by atoms with Crippen LogP contribution in [-0.2, 0) is 0 Å². The molecule has 8 heteroatoms. The van der Waals surface area contributed by atoms with Crippen molar-refractivity contribution in [2.24, 2.45) is 0 Å². The van der Waals surface area contributed by atoms with Crippen molar-refractivity contribution in [1.29, 1.82) is 0 Å². The fourth-order valence-electron chi connectivity index (χ4n) is 2.00. The minimum absolute atomic E-state index is 0.0476. The molecule has 5 nitrogen and oxygen atoms in total. The summed E-state index contributed by atoms with van der Waals surface area (Å²) in [6.07, 6.45) is 0. The van der Waals surface area contributed by atoms with E-state index in [1.165, 1.54) is 12.1 Å². The first kappa shape index (κ1) is 15.7. The molecule has 1 heterocycles. The van der Waals surface area contributed by atoms with E-state index in [1.807, 2.05) is 11.8 Å². The van der Waals surface area contributed by atoms with Crippen molar-refractivity contribution in [3.8, 4) is 0 Å². The average Bonchev–Trinajstić information content (AvgIpc) is 2.43. The highest BCUT2D eigenvalue weighted by Gasteiger charge is 2.17. The third-order valence-corrected chi connectivity index (χ3v) is 4.75. The molecular weight excluding hydrogens is 321 g/mol. The Morgan fingerprint density at radius 2 is 1.95 bits per heavy atom. The zero-order chi connectivity index (χ0) is 14.5. The zero-order valence-electron chi connectivity index (χ0n) is 10.8. The van der Waals surface area contributed by atoms with Crippen LogP contribution in [-0.4, -0.2) is 47.5 Å². The third-order valence-electron chi connectivity index (χ3n) is 3.08. The number of nitro groups is 1. The second-order valence-corrected chi connectivity index (χ2v) is 6.46. The van der Waals surface area contributed by atoms with Crippen LogP contribution in [0.5, 0.6) is 0 Å². The first-order valence-electron chi connectivity index (χ1n) is 6.25. The number of hydrogen-bond acceptors (Lipinski definition) is 5. The van der Waals surface area contributed by atoms with Crippen molar-refractivity contribution in [3.05, 3.63) is 32.3 Å². The Hall–Kier alpha value is -0.690. The molecule has 2 rings (SSSR count). The highest BCUT2D eigenvalue weighted by molar-refractivity contribution is 7.99. The van der Waals surface area contributed by atoms with Gasteiger partial charge in [-0.1, -0.05) is 23.2 Å². The molecule has 110 valence electrons. The molecule has 1 aliphatic heterocycles. The monoisotopic (exact) mass is 335 g/mol. The number of hydrogen-bond donors (Lipinski definition) is 1. The Balaban J connectivity index is 1.97.